The van der Waals surface area contributed by atoms with Gasteiger partial charge in [-0.25, -0.2) is 4.79 Å². The third-order valence-corrected chi connectivity index (χ3v) is 3.76. The van der Waals surface area contributed by atoms with E-state index in [9.17, 15) is 4.79 Å². The summed E-state index contributed by atoms with van der Waals surface area (Å²) in [6.07, 6.45) is 2.40. The van der Waals surface area contributed by atoms with Gasteiger partial charge in [0.1, 0.15) is 12.4 Å². The molecule has 116 valence electrons. The standard InChI is InChI=1S/C15H19N5O2/c1-10-4-3-5-11-6-12(9-22-14(10)11)18-15(21)16-7-13-8-17-19-20(13)2/h3-5,8,12H,6-7,9H2,1-2H3,(H2,16,18,21). The Kier molecular flexibility index (Phi) is 3.95. The molecule has 1 atom stereocenters. The molecule has 7 nitrogen and oxygen atoms in total. The molecule has 2 N–H and O–H groups in total. The molecule has 2 amide bonds. The molecule has 0 saturated heterocycles. The topological polar surface area (TPSA) is 81.1 Å². The van der Waals surface area contributed by atoms with Gasteiger partial charge in [-0.15, -0.1) is 5.10 Å². The molecule has 22 heavy (non-hydrogen) atoms. The number of hydrogen-bond acceptors (Lipinski definition) is 4. The fourth-order valence-electron chi connectivity index (χ4n) is 2.56. The third-order valence-electron chi connectivity index (χ3n) is 3.76. The number of carbonyl (C=O) groups is 1. The molecule has 0 bridgehead atoms. The Morgan fingerprint density at radius 2 is 2.36 bits per heavy atom. The van der Waals surface area contributed by atoms with Crippen molar-refractivity contribution in [2.24, 2.45) is 7.05 Å². The number of aryl methyl sites for hydroxylation is 2. The van der Waals surface area contributed by atoms with Crippen LogP contribution in [0.25, 0.3) is 0 Å². The molecule has 0 fully saturated rings. The van der Waals surface area contributed by atoms with Crippen molar-refractivity contribution in [1.82, 2.24) is 25.6 Å². The van der Waals surface area contributed by atoms with Gasteiger partial charge >= 0.3 is 6.03 Å². The Hall–Kier alpha value is -2.57. The zero-order valence-electron chi connectivity index (χ0n) is 12.7. The van der Waals surface area contributed by atoms with Crippen LogP contribution in [-0.4, -0.2) is 33.7 Å². The van der Waals surface area contributed by atoms with E-state index in [0.29, 0.717) is 13.2 Å². The summed E-state index contributed by atoms with van der Waals surface area (Å²) < 4.78 is 7.40. The molecule has 7 heteroatoms. The van der Waals surface area contributed by atoms with Crippen molar-refractivity contribution in [1.29, 1.82) is 0 Å². The van der Waals surface area contributed by atoms with Crippen LogP contribution in [0.1, 0.15) is 16.8 Å². The van der Waals surface area contributed by atoms with Crippen LogP contribution < -0.4 is 15.4 Å². The molecule has 3 rings (SSSR count). The van der Waals surface area contributed by atoms with Gasteiger partial charge in [-0.05, 0) is 24.5 Å². The quantitative estimate of drug-likeness (QED) is 0.883. The van der Waals surface area contributed by atoms with E-state index in [-0.39, 0.29) is 12.1 Å². The number of ether oxygens (including phenoxy) is 1. The lowest BCUT2D eigenvalue weighted by molar-refractivity contribution is 0.213. The second kappa shape index (κ2) is 6.05. The predicted molar refractivity (Wildman–Crippen MR) is 80.5 cm³/mol. The highest BCUT2D eigenvalue weighted by atomic mass is 16.5. The van der Waals surface area contributed by atoms with Crippen LogP contribution in [0.2, 0.25) is 0 Å². The molecule has 0 saturated carbocycles. The first-order valence-electron chi connectivity index (χ1n) is 7.22. The minimum Gasteiger partial charge on any atom is -0.491 e. The fraction of sp³-hybridized carbons (Fsp3) is 0.400. The summed E-state index contributed by atoms with van der Waals surface area (Å²) in [6.45, 7) is 2.90. The van der Waals surface area contributed by atoms with Crippen molar-refractivity contribution in [3.63, 3.8) is 0 Å². The van der Waals surface area contributed by atoms with Crippen LogP contribution in [0.5, 0.6) is 5.75 Å². The maximum absolute atomic E-state index is 12.0. The van der Waals surface area contributed by atoms with Gasteiger partial charge in [0.2, 0.25) is 0 Å². The minimum absolute atomic E-state index is 0.0287. The molecule has 0 aliphatic carbocycles. The second-order valence-corrected chi connectivity index (χ2v) is 5.45. The maximum atomic E-state index is 12.0. The van der Waals surface area contributed by atoms with Gasteiger partial charge in [0, 0.05) is 7.05 Å². The minimum atomic E-state index is -0.217. The fourth-order valence-corrected chi connectivity index (χ4v) is 2.56. The molecule has 0 radical (unpaired) electrons. The number of carbonyl (C=O) groups excluding carboxylic acids is 1. The molecule has 2 heterocycles. The Morgan fingerprint density at radius 3 is 3.14 bits per heavy atom. The number of urea groups is 1. The van der Waals surface area contributed by atoms with Gasteiger partial charge in [0.25, 0.3) is 0 Å². The number of para-hydroxylation sites is 1. The van der Waals surface area contributed by atoms with Crippen molar-refractivity contribution < 1.29 is 9.53 Å². The second-order valence-electron chi connectivity index (χ2n) is 5.45. The van der Waals surface area contributed by atoms with E-state index in [2.05, 4.69) is 20.9 Å². The first kappa shape index (κ1) is 14.4. The Labute approximate surface area is 128 Å². The van der Waals surface area contributed by atoms with Crippen LogP contribution in [-0.2, 0) is 20.0 Å². The van der Waals surface area contributed by atoms with Gasteiger partial charge in [-0.2, -0.15) is 0 Å². The van der Waals surface area contributed by atoms with Crippen LogP contribution in [0.4, 0.5) is 4.79 Å². The van der Waals surface area contributed by atoms with Crippen molar-refractivity contribution in [3.05, 3.63) is 41.2 Å². The summed E-state index contributed by atoms with van der Waals surface area (Å²) >= 11 is 0. The van der Waals surface area contributed by atoms with Crippen LogP contribution in [0, 0.1) is 6.92 Å². The average molecular weight is 301 g/mol. The van der Waals surface area contributed by atoms with Gasteiger partial charge in [-0.3, -0.25) is 4.68 Å². The number of nitrogens with one attached hydrogen (secondary N) is 2. The smallest absolute Gasteiger partial charge is 0.315 e. The van der Waals surface area contributed by atoms with E-state index in [1.807, 2.05) is 25.1 Å². The van der Waals surface area contributed by atoms with E-state index in [1.54, 1.807) is 17.9 Å². The van der Waals surface area contributed by atoms with Gasteiger partial charge < -0.3 is 15.4 Å². The molecule has 0 spiro atoms. The van der Waals surface area contributed by atoms with E-state index >= 15 is 0 Å². The van der Waals surface area contributed by atoms with E-state index in [1.165, 1.54) is 0 Å². The zero-order valence-corrected chi connectivity index (χ0v) is 12.7. The van der Waals surface area contributed by atoms with Crippen molar-refractivity contribution in [3.8, 4) is 5.75 Å². The lowest BCUT2D eigenvalue weighted by atomic mass is 10.0. The highest BCUT2D eigenvalue weighted by Crippen LogP contribution is 2.28. The first-order chi connectivity index (χ1) is 10.6. The zero-order chi connectivity index (χ0) is 15.5. The van der Waals surface area contributed by atoms with Crippen molar-refractivity contribution >= 4 is 6.03 Å². The predicted octanol–water partition coefficient (Wildman–Crippen LogP) is 0.926. The molecule has 1 aliphatic rings. The lowest BCUT2D eigenvalue weighted by Gasteiger charge is -2.27. The summed E-state index contributed by atoms with van der Waals surface area (Å²) in [4.78, 5) is 12.0. The van der Waals surface area contributed by atoms with E-state index < -0.39 is 0 Å². The number of benzene rings is 1. The van der Waals surface area contributed by atoms with E-state index in [4.69, 9.17) is 4.74 Å². The number of hydrogen-bond donors (Lipinski definition) is 2. The molecule has 1 aromatic heterocycles. The SMILES string of the molecule is Cc1cccc2c1OCC(NC(=O)NCc1cnnn1C)C2. The Balaban J connectivity index is 1.54. The van der Waals surface area contributed by atoms with Gasteiger partial charge in [0.05, 0.1) is 24.5 Å². The third kappa shape index (κ3) is 3.03. The summed E-state index contributed by atoms with van der Waals surface area (Å²) in [5.74, 6) is 0.946. The van der Waals surface area contributed by atoms with Crippen molar-refractivity contribution in [2.45, 2.75) is 25.9 Å². The summed E-state index contributed by atoms with van der Waals surface area (Å²) in [5, 5.41) is 13.3. The Morgan fingerprint density at radius 1 is 1.50 bits per heavy atom. The number of fused-ring (bicyclic) bond motifs is 1. The Bertz CT molecular complexity index is 682. The number of rotatable bonds is 3. The van der Waals surface area contributed by atoms with Gasteiger partial charge in [-0.1, -0.05) is 23.4 Å². The molecule has 2 aromatic rings. The largest absolute Gasteiger partial charge is 0.491 e. The van der Waals surface area contributed by atoms with Crippen LogP contribution in [0.3, 0.4) is 0 Å². The highest BCUT2D eigenvalue weighted by molar-refractivity contribution is 5.74. The summed E-state index contributed by atoms with van der Waals surface area (Å²) in [6, 6.07) is 5.83. The monoisotopic (exact) mass is 301 g/mol. The molecule has 1 aromatic carbocycles. The molecular formula is C15H19N5O2. The molecule has 1 unspecified atom stereocenters. The first-order valence-corrected chi connectivity index (χ1v) is 7.22. The lowest BCUT2D eigenvalue weighted by Crippen LogP contribution is -2.47. The molecule has 1 aliphatic heterocycles. The van der Waals surface area contributed by atoms with Crippen LogP contribution in [0.15, 0.2) is 24.4 Å². The average Bonchev–Trinajstić information content (AvgIpc) is 2.91. The maximum Gasteiger partial charge on any atom is 0.315 e. The number of aromatic nitrogens is 3. The van der Waals surface area contributed by atoms with Crippen molar-refractivity contribution in [2.75, 3.05) is 6.61 Å². The normalized spacial score (nSPS) is 16.5. The van der Waals surface area contributed by atoms with E-state index in [0.717, 1.165) is 29.0 Å². The van der Waals surface area contributed by atoms with Crippen LogP contribution >= 0.6 is 0 Å². The summed E-state index contributed by atoms with van der Waals surface area (Å²) in [5.41, 5.74) is 3.10. The number of nitrogens with zero attached hydrogens (tertiary/aromatic N) is 3. The highest BCUT2D eigenvalue weighted by Gasteiger charge is 2.22. The number of amides is 2. The van der Waals surface area contributed by atoms with Gasteiger partial charge in [0.15, 0.2) is 0 Å². The molecular weight excluding hydrogens is 282 g/mol. The summed E-state index contributed by atoms with van der Waals surface area (Å²) in [7, 11) is 1.79.